The van der Waals surface area contributed by atoms with E-state index < -0.39 is 0 Å². The van der Waals surface area contributed by atoms with E-state index in [1.54, 1.807) is 0 Å². The van der Waals surface area contributed by atoms with Gasteiger partial charge in [-0.3, -0.25) is 4.79 Å². The van der Waals surface area contributed by atoms with Crippen LogP contribution in [0.4, 0.5) is 11.8 Å². The molecule has 1 aliphatic heterocycles. The van der Waals surface area contributed by atoms with E-state index in [4.69, 9.17) is 4.74 Å². The molecule has 1 amide bonds. The van der Waals surface area contributed by atoms with E-state index in [1.165, 1.54) is 0 Å². The van der Waals surface area contributed by atoms with Gasteiger partial charge in [-0.1, -0.05) is 18.2 Å². The van der Waals surface area contributed by atoms with Gasteiger partial charge in [-0.05, 0) is 19.1 Å². The average molecular weight is 355 g/mol. The van der Waals surface area contributed by atoms with Crippen molar-refractivity contribution in [2.24, 2.45) is 0 Å². The molecule has 138 valence electrons. The van der Waals surface area contributed by atoms with Gasteiger partial charge in [0.25, 0.3) is 5.91 Å². The number of aromatic nitrogens is 2. The van der Waals surface area contributed by atoms with Gasteiger partial charge >= 0.3 is 0 Å². The number of carbonyl (C=O) groups excluding carboxylic acids is 1. The third-order valence-corrected chi connectivity index (χ3v) is 4.38. The van der Waals surface area contributed by atoms with Gasteiger partial charge in [0, 0.05) is 52.0 Å². The van der Waals surface area contributed by atoms with Gasteiger partial charge in [-0.25, -0.2) is 4.98 Å². The van der Waals surface area contributed by atoms with E-state index in [1.807, 2.05) is 67.3 Å². The lowest BCUT2D eigenvalue weighted by Gasteiger charge is -2.35. The molecule has 3 rings (SSSR count). The minimum Gasteiger partial charge on any atom is -0.484 e. The molecule has 1 fully saturated rings. The molecule has 2 heterocycles. The summed E-state index contributed by atoms with van der Waals surface area (Å²) in [4.78, 5) is 27.4. The summed E-state index contributed by atoms with van der Waals surface area (Å²) in [6.07, 6.45) is 1.85. The van der Waals surface area contributed by atoms with Crippen molar-refractivity contribution in [1.82, 2.24) is 14.9 Å². The molecule has 0 N–H and O–H groups in total. The van der Waals surface area contributed by atoms with Gasteiger partial charge < -0.3 is 19.4 Å². The fourth-order valence-corrected chi connectivity index (χ4v) is 2.94. The first-order chi connectivity index (χ1) is 12.5. The van der Waals surface area contributed by atoms with Crippen LogP contribution in [0.2, 0.25) is 0 Å². The van der Waals surface area contributed by atoms with Crippen LogP contribution >= 0.6 is 0 Å². The zero-order valence-corrected chi connectivity index (χ0v) is 15.6. The molecule has 1 saturated heterocycles. The van der Waals surface area contributed by atoms with Crippen LogP contribution in [0.3, 0.4) is 0 Å². The molecule has 0 spiro atoms. The summed E-state index contributed by atoms with van der Waals surface area (Å²) in [6.45, 7) is 4.79. The second kappa shape index (κ2) is 8.03. The quantitative estimate of drug-likeness (QED) is 0.812. The third kappa shape index (κ3) is 4.22. The standard InChI is InChI=1S/C19H25N5O2/c1-15-13-20-19(21-18(15)22(2)3)24-11-9-23(10-12-24)17(25)14-26-16-7-5-4-6-8-16/h4-8,13H,9-12,14H2,1-3H3. The lowest BCUT2D eigenvalue weighted by molar-refractivity contribution is -0.133. The highest BCUT2D eigenvalue weighted by Crippen LogP contribution is 2.19. The van der Waals surface area contributed by atoms with E-state index in [9.17, 15) is 4.79 Å². The highest BCUT2D eigenvalue weighted by molar-refractivity contribution is 5.78. The van der Waals surface area contributed by atoms with Crippen LogP contribution in [0.5, 0.6) is 5.75 Å². The predicted molar refractivity (Wildman–Crippen MR) is 102 cm³/mol. The Morgan fingerprint density at radius 3 is 2.50 bits per heavy atom. The topological polar surface area (TPSA) is 61.8 Å². The van der Waals surface area contributed by atoms with Crippen LogP contribution in [-0.4, -0.2) is 67.7 Å². The number of amides is 1. The molecule has 0 saturated carbocycles. The molecule has 0 atom stereocenters. The van der Waals surface area contributed by atoms with Gasteiger partial charge in [-0.2, -0.15) is 4.98 Å². The van der Waals surface area contributed by atoms with Crippen LogP contribution in [-0.2, 0) is 4.79 Å². The third-order valence-electron chi connectivity index (χ3n) is 4.38. The molecule has 26 heavy (non-hydrogen) atoms. The van der Waals surface area contributed by atoms with E-state index in [2.05, 4.69) is 14.9 Å². The number of anilines is 2. The Kier molecular flexibility index (Phi) is 5.55. The van der Waals surface area contributed by atoms with E-state index in [-0.39, 0.29) is 12.5 Å². The summed E-state index contributed by atoms with van der Waals surface area (Å²) < 4.78 is 5.55. The van der Waals surface area contributed by atoms with Crippen molar-refractivity contribution in [2.45, 2.75) is 6.92 Å². The van der Waals surface area contributed by atoms with Crippen LogP contribution in [0.1, 0.15) is 5.56 Å². The molecule has 0 unspecified atom stereocenters. The summed E-state index contributed by atoms with van der Waals surface area (Å²) >= 11 is 0. The Bertz CT molecular complexity index is 743. The summed E-state index contributed by atoms with van der Waals surface area (Å²) in [5.41, 5.74) is 1.05. The largest absolute Gasteiger partial charge is 0.484 e. The zero-order chi connectivity index (χ0) is 18.5. The smallest absolute Gasteiger partial charge is 0.260 e. The van der Waals surface area contributed by atoms with Crippen molar-refractivity contribution in [3.8, 4) is 5.75 Å². The number of aryl methyl sites for hydroxylation is 1. The predicted octanol–water partition coefficient (Wildman–Crippen LogP) is 1.58. The van der Waals surface area contributed by atoms with Crippen molar-refractivity contribution in [2.75, 3.05) is 56.7 Å². The van der Waals surface area contributed by atoms with Gasteiger partial charge in [0.1, 0.15) is 11.6 Å². The van der Waals surface area contributed by atoms with E-state index in [0.717, 1.165) is 11.4 Å². The monoisotopic (exact) mass is 355 g/mol. The maximum Gasteiger partial charge on any atom is 0.260 e. The molecule has 0 aliphatic carbocycles. The second-order valence-electron chi connectivity index (χ2n) is 6.54. The SMILES string of the molecule is Cc1cnc(N2CCN(C(=O)COc3ccccc3)CC2)nc1N(C)C. The Labute approximate surface area is 154 Å². The van der Waals surface area contributed by atoms with Crippen molar-refractivity contribution in [1.29, 1.82) is 0 Å². The molecular weight excluding hydrogens is 330 g/mol. The Morgan fingerprint density at radius 2 is 1.85 bits per heavy atom. The fourth-order valence-electron chi connectivity index (χ4n) is 2.94. The summed E-state index contributed by atoms with van der Waals surface area (Å²) in [7, 11) is 3.95. The van der Waals surface area contributed by atoms with Gasteiger partial charge in [-0.15, -0.1) is 0 Å². The molecule has 7 nitrogen and oxygen atoms in total. The van der Waals surface area contributed by atoms with Crippen molar-refractivity contribution in [3.05, 3.63) is 42.1 Å². The molecule has 1 aromatic carbocycles. The first-order valence-electron chi connectivity index (χ1n) is 8.76. The molecule has 0 radical (unpaired) electrons. The normalized spacial score (nSPS) is 14.3. The first-order valence-corrected chi connectivity index (χ1v) is 8.76. The van der Waals surface area contributed by atoms with Crippen LogP contribution < -0.4 is 14.5 Å². The summed E-state index contributed by atoms with van der Waals surface area (Å²) in [6, 6.07) is 9.40. The first kappa shape index (κ1) is 18.0. The number of carbonyl (C=O) groups is 1. The number of rotatable bonds is 5. The van der Waals surface area contributed by atoms with Gasteiger partial charge in [0.05, 0.1) is 0 Å². The van der Waals surface area contributed by atoms with Crippen LogP contribution in [0, 0.1) is 6.92 Å². The molecule has 1 aromatic heterocycles. The molecule has 7 heteroatoms. The highest BCUT2D eigenvalue weighted by Gasteiger charge is 2.23. The fraction of sp³-hybridized carbons (Fsp3) is 0.421. The summed E-state index contributed by atoms with van der Waals surface area (Å²) in [5.74, 6) is 2.35. The Balaban J connectivity index is 1.54. The average Bonchev–Trinajstić information content (AvgIpc) is 2.67. The molecule has 2 aromatic rings. The number of hydrogen-bond acceptors (Lipinski definition) is 6. The summed E-state index contributed by atoms with van der Waals surface area (Å²) in [5, 5.41) is 0. The Hall–Kier alpha value is -2.83. The number of benzene rings is 1. The number of para-hydroxylation sites is 1. The minimum absolute atomic E-state index is 0.00677. The molecule has 1 aliphatic rings. The maximum atomic E-state index is 12.3. The highest BCUT2D eigenvalue weighted by atomic mass is 16.5. The second-order valence-corrected chi connectivity index (χ2v) is 6.54. The van der Waals surface area contributed by atoms with Crippen LogP contribution in [0.25, 0.3) is 0 Å². The van der Waals surface area contributed by atoms with Crippen molar-refractivity contribution < 1.29 is 9.53 Å². The molecular formula is C19H25N5O2. The lowest BCUT2D eigenvalue weighted by atomic mass is 10.3. The number of nitrogens with zero attached hydrogens (tertiary/aromatic N) is 5. The van der Waals surface area contributed by atoms with E-state index in [0.29, 0.717) is 37.9 Å². The Morgan fingerprint density at radius 1 is 1.15 bits per heavy atom. The van der Waals surface area contributed by atoms with Crippen LogP contribution in [0.15, 0.2) is 36.5 Å². The van der Waals surface area contributed by atoms with Gasteiger partial charge in [0.2, 0.25) is 5.95 Å². The van der Waals surface area contributed by atoms with Crippen molar-refractivity contribution >= 4 is 17.7 Å². The number of ether oxygens (including phenoxy) is 1. The van der Waals surface area contributed by atoms with E-state index >= 15 is 0 Å². The molecule has 0 bridgehead atoms. The van der Waals surface area contributed by atoms with Crippen molar-refractivity contribution in [3.63, 3.8) is 0 Å². The maximum absolute atomic E-state index is 12.3. The minimum atomic E-state index is 0.00677. The zero-order valence-electron chi connectivity index (χ0n) is 15.6. The lowest BCUT2D eigenvalue weighted by Crippen LogP contribution is -2.50. The van der Waals surface area contributed by atoms with Gasteiger partial charge in [0.15, 0.2) is 6.61 Å². The number of piperazine rings is 1. The number of hydrogen-bond donors (Lipinski definition) is 0.